The van der Waals surface area contributed by atoms with Crippen LogP contribution in [0.5, 0.6) is 0 Å². The van der Waals surface area contributed by atoms with Crippen LogP contribution < -0.4 is 27.4 Å². The lowest BCUT2D eigenvalue weighted by molar-refractivity contribution is -0.142. The van der Waals surface area contributed by atoms with E-state index in [-0.39, 0.29) is 18.6 Å². The zero-order chi connectivity index (χ0) is 25.0. The monoisotopic (exact) mass is 477 g/mol. The predicted octanol–water partition coefficient (Wildman–Crippen LogP) is -2.43. The number of rotatable bonds is 15. The first-order valence-corrected chi connectivity index (χ1v) is 10.5. The molecule has 0 aromatic rings. The number of aliphatic carboxylic acids is 2. The van der Waals surface area contributed by atoms with Crippen LogP contribution in [0, 0.1) is 5.92 Å². The van der Waals surface area contributed by atoms with Gasteiger partial charge in [0.25, 0.3) is 0 Å². The SMILES string of the molecule is CCC(C)C(NC(=O)C(N)CCC(=O)O)C(=O)NC(CC(N)=O)C(=O)NC(CS)C(=O)O. The molecule has 0 saturated carbocycles. The molecular weight excluding hydrogens is 446 g/mol. The maximum absolute atomic E-state index is 12.8. The third-order valence-corrected chi connectivity index (χ3v) is 5.00. The molecule has 0 bridgehead atoms. The van der Waals surface area contributed by atoms with Gasteiger partial charge in [-0.2, -0.15) is 12.6 Å². The second-order valence-electron chi connectivity index (χ2n) is 7.22. The Morgan fingerprint density at radius 1 is 0.938 bits per heavy atom. The number of carboxylic acid groups (broad SMARTS) is 2. The van der Waals surface area contributed by atoms with Gasteiger partial charge in [-0.25, -0.2) is 4.79 Å². The van der Waals surface area contributed by atoms with E-state index in [2.05, 4.69) is 28.6 Å². The van der Waals surface area contributed by atoms with Gasteiger partial charge in [-0.05, 0) is 12.3 Å². The minimum Gasteiger partial charge on any atom is -0.481 e. The van der Waals surface area contributed by atoms with Gasteiger partial charge in [-0.15, -0.1) is 0 Å². The van der Waals surface area contributed by atoms with Gasteiger partial charge in [0.15, 0.2) is 0 Å². The zero-order valence-corrected chi connectivity index (χ0v) is 18.8. The molecule has 182 valence electrons. The summed E-state index contributed by atoms with van der Waals surface area (Å²) in [4.78, 5) is 70.7. The molecular formula is C18H31N5O8S. The summed E-state index contributed by atoms with van der Waals surface area (Å²) in [5, 5.41) is 24.6. The number of hydrogen-bond donors (Lipinski definition) is 8. The largest absolute Gasteiger partial charge is 0.481 e. The summed E-state index contributed by atoms with van der Waals surface area (Å²) in [6.45, 7) is 3.40. The second-order valence-corrected chi connectivity index (χ2v) is 7.59. The Morgan fingerprint density at radius 2 is 1.50 bits per heavy atom. The standard InChI is InChI=1S/C18H31N5O8S/c1-3-8(2)14(23-15(27)9(19)4-5-13(25)26)17(29)21-10(6-12(20)24)16(28)22-11(7-32)18(30)31/h8-11,14,32H,3-7,19H2,1-2H3,(H2,20,24)(H,21,29)(H,22,28)(H,23,27)(H,25,26)(H,30,31). The molecule has 32 heavy (non-hydrogen) atoms. The molecule has 13 nitrogen and oxygen atoms in total. The molecule has 0 rings (SSSR count). The lowest BCUT2D eigenvalue weighted by Crippen LogP contribution is -2.59. The number of carbonyl (C=O) groups excluding carboxylic acids is 4. The number of primary amides is 1. The predicted molar refractivity (Wildman–Crippen MR) is 115 cm³/mol. The van der Waals surface area contributed by atoms with Crippen molar-refractivity contribution in [1.82, 2.24) is 16.0 Å². The molecule has 0 spiro atoms. The lowest BCUT2D eigenvalue weighted by Gasteiger charge is -2.27. The van der Waals surface area contributed by atoms with Crippen LogP contribution in [-0.4, -0.2) is 75.7 Å². The topological polar surface area (TPSA) is 231 Å². The smallest absolute Gasteiger partial charge is 0.327 e. The van der Waals surface area contributed by atoms with E-state index in [1.807, 2.05) is 0 Å². The van der Waals surface area contributed by atoms with Crippen molar-refractivity contribution in [2.24, 2.45) is 17.4 Å². The average Bonchev–Trinajstić information content (AvgIpc) is 2.71. The van der Waals surface area contributed by atoms with Crippen LogP contribution in [0.3, 0.4) is 0 Å². The third kappa shape index (κ3) is 10.4. The number of amides is 4. The normalized spacial score (nSPS) is 15.4. The summed E-state index contributed by atoms with van der Waals surface area (Å²) in [7, 11) is 0. The molecule has 5 unspecified atom stereocenters. The van der Waals surface area contributed by atoms with Crippen molar-refractivity contribution in [2.45, 2.75) is 63.7 Å². The first-order valence-electron chi connectivity index (χ1n) is 9.84. The van der Waals surface area contributed by atoms with Crippen molar-refractivity contribution in [3.05, 3.63) is 0 Å². The fourth-order valence-electron chi connectivity index (χ4n) is 2.50. The number of carbonyl (C=O) groups is 6. The fraction of sp³-hybridized carbons (Fsp3) is 0.667. The summed E-state index contributed by atoms with van der Waals surface area (Å²) in [5.41, 5.74) is 10.8. The first-order chi connectivity index (χ1) is 14.8. The summed E-state index contributed by atoms with van der Waals surface area (Å²) in [6.07, 6.45) is -0.666. The minimum atomic E-state index is -1.49. The number of carboxylic acids is 2. The third-order valence-electron chi connectivity index (χ3n) is 4.63. The second kappa shape index (κ2) is 14.2. The molecule has 0 aromatic heterocycles. The van der Waals surface area contributed by atoms with Crippen LogP contribution in [0.2, 0.25) is 0 Å². The van der Waals surface area contributed by atoms with Crippen LogP contribution in [0.25, 0.3) is 0 Å². The van der Waals surface area contributed by atoms with Gasteiger partial charge in [-0.1, -0.05) is 20.3 Å². The van der Waals surface area contributed by atoms with E-state index >= 15 is 0 Å². The Kier molecular flexibility index (Phi) is 13.0. The molecule has 0 fully saturated rings. The van der Waals surface area contributed by atoms with Gasteiger partial charge in [0.1, 0.15) is 18.1 Å². The van der Waals surface area contributed by atoms with Crippen LogP contribution in [-0.2, 0) is 28.8 Å². The van der Waals surface area contributed by atoms with E-state index in [1.54, 1.807) is 13.8 Å². The number of thiol groups is 1. The quantitative estimate of drug-likeness (QED) is 0.117. The Labute approximate surface area is 190 Å². The van der Waals surface area contributed by atoms with Gasteiger partial charge in [0, 0.05) is 12.2 Å². The molecule has 0 heterocycles. The van der Waals surface area contributed by atoms with E-state index in [9.17, 15) is 28.8 Å². The first kappa shape index (κ1) is 29.1. The van der Waals surface area contributed by atoms with E-state index in [0.29, 0.717) is 6.42 Å². The summed E-state index contributed by atoms with van der Waals surface area (Å²) in [5.74, 6) is -6.64. The molecule has 0 aromatic carbocycles. The van der Waals surface area contributed by atoms with Crippen molar-refractivity contribution >= 4 is 48.2 Å². The number of hydrogen-bond acceptors (Lipinski definition) is 8. The van der Waals surface area contributed by atoms with Crippen molar-refractivity contribution in [3.63, 3.8) is 0 Å². The fourth-order valence-corrected chi connectivity index (χ4v) is 2.75. The Bertz CT molecular complexity index is 719. The van der Waals surface area contributed by atoms with Crippen LogP contribution in [0.4, 0.5) is 0 Å². The maximum Gasteiger partial charge on any atom is 0.327 e. The molecule has 0 aliphatic heterocycles. The maximum atomic E-state index is 12.8. The Hall–Kier alpha value is -2.87. The number of nitrogens with two attached hydrogens (primary N) is 2. The van der Waals surface area contributed by atoms with Gasteiger partial charge in [0.2, 0.25) is 23.6 Å². The van der Waals surface area contributed by atoms with Crippen LogP contribution in [0.1, 0.15) is 39.5 Å². The Balaban J connectivity index is 5.46. The van der Waals surface area contributed by atoms with Crippen molar-refractivity contribution in [2.75, 3.05) is 5.75 Å². The van der Waals surface area contributed by atoms with E-state index in [4.69, 9.17) is 21.7 Å². The molecule has 0 saturated heterocycles. The number of nitrogens with one attached hydrogen (secondary N) is 3. The summed E-state index contributed by atoms with van der Waals surface area (Å²) >= 11 is 3.83. The van der Waals surface area contributed by atoms with E-state index < -0.39 is 72.1 Å². The molecule has 0 aliphatic carbocycles. The molecule has 9 N–H and O–H groups in total. The zero-order valence-electron chi connectivity index (χ0n) is 17.9. The lowest BCUT2D eigenvalue weighted by atomic mass is 9.97. The highest BCUT2D eigenvalue weighted by Gasteiger charge is 2.33. The van der Waals surface area contributed by atoms with Crippen molar-refractivity contribution in [3.8, 4) is 0 Å². The van der Waals surface area contributed by atoms with Gasteiger partial charge in [0.05, 0.1) is 12.5 Å². The average molecular weight is 478 g/mol. The van der Waals surface area contributed by atoms with Gasteiger partial charge < -0.3 is 37.6 Å². The molecule has 0 aliphatic rings. The van der Waals surface area contributed by atoms with Crippen LogP contribution in [0.15, 0.2) is 0 Å². The Morgan fingerprint density at radius 3 is 1.94 bits per heavy atom. The summed E-state index contributed by atoms with van der Waals surface area (Å²) < 4.78 is 0. The summed E-state index contributed by atoms with van der Waals surface area (Å²) in [6, 6.07) is -5.20. The van der Waals surface area contributed by atoms with Gasteiger partial charge >= 0.3 is 11.9 Å². The minimum absolute atomic E-state index is 0.150. The molecule has 5 atom stereocenters. The molecule has 14 heteroatoms. The highest BCUT2D eigenvalue weighted by molar-refractivity contribution is 7.80. The highest BCUT2D eigenvalue weighted by atomic mass is 32.1. The molecule has 0 radical (unpaired) electrons. The van der Waals surface area contributed by atoms with Crippen LogP contribution >= 0.6 is 12.6 Å². The molecule has 4 amide bonds. The van der Waals surface area contributed by atoms with Gasteiger partial charge in [-0.3, -0.25) is 24.0 Å². The van der Waals surface area contributed by atoms with E-state index in [0.717, 1.165) is 0 Å². The van der Waals surface area contributed by atoms with Crippen molar-refractivity contribution in [1.29, 1.82) is 0 Å². The van der Waals surface area contributed by atoms with E-state index in [1.165, 1.54) is 0 Å². The van der Waals surface area contributed by atoms with Crippen molar-refractivity contribution < 1.29 is 39.0 Å². The highest BCUT2D eigenvalue weighted by Crippen LogP contribution is 2.10.